The summed E-state index contributed by atoms with van der Waals surface area (Å²) in [6.07, 6.45) is 0. The molecule has 0 nitrogen and oxygen atoms in total. The normalized spacial score (nSPS) is 11.8. The first-order chi connectivity index (χ1) is 12.0. The van der Waals surface area contributed by atoms with E-state index in [1.165, 1.54) is 33.0 Å². The van der Waals surface area contributed by atoms with Crippen molar-refractivity contribution in [2.24, 2.45) is 0 Å². The molecular formula is C26H34. The third kappa shape index (κ3) is 4.97. The molecule has 3 aromatic carbocycles. The van der Waals surface area contributed by atoms with Crippen molar-refractivity contribution >= 4 is 10.8 Å². The van der Waals surface area contributed by atoms with Crippen LogP contribution in [0.2, 0.25) is 0 Å². The van der Waals surface area contributed by atoms with Crippen molar-refractivity contribution < 1.29 is 0 Å². The average Bonchev–Trinajstić information content (AvgIpc) is 2.54. The highest BCUT2D eigenvalue weighted by atomic mass is 14.2. The summed E-state index contributed by atoms with van der Waals surface area (Å²) in [4.78, 5) is 0. The topological polar surface area (TPSA) is 0 Å². The highest BCUT2D eigenvalue weighted by Crippen LogP contribution is 2.31. The minimum absolute atomic E-state index is 0.216. The maximum absolute atomic E-state index is 2.27. The largest absolute Gasteiger partial charge is 0.0616 e. The minimum atomic E-state index is 0.216. The molecule has 0 heterocycles. The van der Waals surface area contributed by atoms with Crippen LogP contribution in [-0.4, -0.2) is 0 Å². The molecule has 0 aliphatic rings. The second-order valence-corrected chi connectivity index (χ2v) is 9.34. The van der Waals surface area contributed by atoms with Crippen molar-refractivity contribution in [3.05, 3.63) is 82.9 Å². The third-order valence-electron chi connectivity index (χ3n) is 4.87. The zero-order valence-electron chi connectivity index (χ0n) is 17.8. The highest BCUT2D eigenvalue weighted by Gasteiger charge is 2.16. The number of benzene rings is 3. The first-order valence-corrected chi connectivity index (χ1v) is 9.56. The predicted molar refractivity (Wildman–Crippen MR) is 117 cm³/mol. The Bertz CT molecular complexity index is 853. The predicted octanol–water partition coefficient (Wildman–Crippen LogP) is 7.74. The van der Waals surface area contributed by atoms with Crippen LogP contribution in [0.15, 0.2) is 60.7 Å². The fraction of sp³-hybridized carbons (Fsp3) is 0.385. The highest BCUT2D eigenvalue weighted by molar-refractivity contribution is 5.89. The molecule has 0 amide bonds. The molecule has 0 unspecified atom stereocenters. The van der Waals surface area contributed by atoms with Crippen LogP contribution >= 0.6 is 0 Å². The van der Waals surface area contributed by atoms with E-state index >= 15 is 0 Å². The van der Waals surface area contributed by atoms with Gasteiger partial charge in [0.1, 0.15) is 0 Å². The molecule has 0 atom stereocenters. The van der Waals surface area contributed by atoms with Crippen LogP contribution in [0.1, 0.15) is 63.8 Å². The summed E-state index contributed by atoms with van der Waals surface area (Å²) in [6.45, 7) is 17.8. The van der Waals surface area contributed by atoms with Crippen molar-refractivity contribution in [1.82, 2.24) is 0 Å². The Hall–Kier alpha value is -2.08. The molecule has 0 fully saturated rings. The van der Waals surface area contributed by atoms with Crippen molar-refractivity contribution in [3.63, 3.8) is 0 Å². The van der Waals surface area contributed by atoms with Gasteiger partial charge in [-0.15, -0.1) is 0 Å². The number of rotatable bonds is 0. The molecule has 0 radical (unpaired) electrons. The van der Waals surface area contributed by atoms with Crippen molar-refractivity contribution in [3.8, 4) is 0 Å². The standard InChI is InChI=1S/C15H18.C11H16/c1-11-9-10-14(15(2,3)4)13-8-6-5-7-12(11)13;1-9-5-7-10(8-6-9)11(2,3)4/h5-10H,1-4H3;5-8H,1-4H3. The summed E-state index contributed by atoms with van der Waals surface area (Å²) >= 11 is 0. The number of aryl methyl sites for hydroxylation is 2. The number of fused-ring (bicyclic) bond motifs is 1. The van der Waals surface area contributed by atoms with Crippen LogP contribution < -0.4 is 0 Å². The summed E-state index contributed by atoms with van der Waals surface area (Å²) in [7, 11) is 0. The first kappa shape index (κ1) is 20.2. The van der Waals surface area contributed by atoms with Gasteiger partial charge in [0.2, 0.25) is 0 Å². The van der Waals surface area contributed by atoms with Crippen LogP contribution in [0.3, 0.4) is 0 Å². The molecule has 0 saturated carbocycles. The van der Waals surface area contributed by atoms with Gasteiger partial charge < -0.3 is 0 Å². The van der Waals surface area contributed by atoms with Crippen molar-refractivity contribution in [2.75, 3.05) is 0 Å². The molecule has 0 heteroatoms. The summed E-state index contributed by atoms with van der Waals surface area (Å²) in [5, 5.41) is 2.77. The number of hydrogen-bond donors (Lipinski definition) is 0. The zero-order chi connectivity index (χ0) is 19.5. The van der Waals surface area contributed by atoms with E-state index in [1.807, 2.05) is 0 Å². The monoisotopic (exact) mass is 346 g/mol. The molecule has 3 rings (SSSR count). The minimum Gasteiger partial charge on any atom is -0.0616 e. The van der Waals surface area contributed by atoms with Gasteiger partial charge in [-0.3, -0.25) is 0 Å². The Morgan fingerprint density at radius 3 is 1.58 bits per heavy atom. The summed E-state index contributed by atoms with van der Waals surface area (Å²) in [5.74, 6) is 0. The summed E-state index contributed by atoms with van der Waals surface area (Å²) in [6, 6.07) is 21.9. The molecule has 0 spiro atoms. The molecule has 0 N–H and O–H groups in total. The summed E-state index contributed by atoms with van der Waals surface area (Å²) in [5.41, 5.74) is 6.03. The molecule has 0 bridgehead atoms. The second kappa shape index (κ2) is 7.66. The molecular weight excluding hydrogens is 312 g/mol. The summed E-state index contributed by atoms with van der Waals surface area (Å²) < 4.78 is 0. The van der Waals surface area contributed by atoms with Crippen LogP contribution in [-0.2, 0) is 10.8 Å². The Balaban J connectivity index is 0.000000197. The second-order valence-electron chi connectivity index (χ2n) is 9.34. The average molecular weight is 347 g/mol. The van der Waals surface area contributed by atoms with Gasteiger partial charge in [-0.2, -0.15) is 0 Å². The van der Waals surface area contributed by atoms with E-state index < -0.39 is 0 Å². The van der Waals surface area contributed by atoms with Gasteiger partial charge in [0.25, 0.3) is 0 Å². The SMILES string of the molecule is Cc1ccc(C(C)(C)C)c2ccccc12.Cc1ccc(C(C)(C)C)cc1. The molecule has 0 aliphatic heterocycles. The van der Waals surface area contributed by atoms with Gasteiger partial charge in [0.05, 0.1) is 0 Å². The first-order valence-electron chi connectivity index (χ1n) is 9.56. The Morgan fingerprint density at radius 1 is 0.538 bits per heavy atom. The molecule has 138 valence electrons. The molecule has 0 aliphatic carbocycles. The van der Waals surface area contributed by atoms with E-state index in [9.17, 15) is 0 Å². The number of hydrogen-bond acceptors (Lipinski definition) is 0. The quantitative estimate of drug-likeness (QED) is 0.390. The van der Waals surface area contributed by atoms with Crippen LogP contribution in [0.25, 0.3) is 10.8 Å². The lowest BCUT2D eigenvalue weighted by atomic mass is 9.83. The zero-order valence-corrected chi connectivity index (χ0v) is 17.8. The van der Waals surface area contributed by atoms with Crippen molar-refractivity contribution in [2.45, 2.75) is 66.2 Å². The van der Waals surface area contributed by atoms with E-state index in [-0.39, 0.29) is 10.8 Å². The van der Waals surface area contributed by atoms with Gasteiger partial charge in [-0.1, -0.05) is 108 Å². The van der Waals surface area contributed by atoms with Crippen LogP contribution in [0.5, 0.6) is 0 Å². The molecule has 0 aromatic heterocycles. The molecule has 3 aromatic rings. The lowest BCUT2D eigenvalue weighted by Crippen LogP contribution is -2.11. The van der Waals surface area contributed by atoms with Gasteiger partial charge in [0.15, 0.2) is 0 Å². The maximum Gasteiger partial charge on any atom is -0.0126 e. The fourth-order valence-electron chi connectivity index (χ4n) is 3.16. The van der Waals surface area contributed by atoms with E-state index in [0.717, 1.165) is 0 Å². The lowest BCUT2D eigenvalue weighted by Gasteiger charge is -2.22. The van der Waals surface area contributed by atoms with Crippen LogP contribution in [0.4, 0.5) is 0 Å². The third-order valence-corrected chi connectivity index (χ3v) is 4.87. The fourth-order valence-corrected chi connectivity index (χ4v) is 3.16. The van der Waals surface area contributed by atoms with Gasteiger partial charge in [0, 0.05) is 0 Å². The van der Waals surface area contributed by atoms with E-state index in [1.54, 1.807) is 0 Å². The Kier molecular flexibility index (Phi) is 5.96. The maximum atomic E-state index is 2.27. The van der Waals surface area contributed by atoms with E-state index in [4.69, 9.17) is 0 Å². The Morgan fingerprint density at radius 2 is 1.08 bits per heavy atom. The van der Waals surface area contributed by atoms with Gasteiger partial charge >= 0.3 is 0 Å². The smallest absolute Gasteiger partial charge is 0.0126 e. The molecule has 0 saturated heterocycles. The van der Waals surface area contributed by atoms with E-state index in [2.05, 4.69) is 116 Å². The molecule has 26 heavy (non-hydrogen) atoms. The van der Waals surface area contributed by atoms with Gasteiger partial charge in [-0.25, -0.2) is 0 Å². The van der Waals surface area contributed by atoms with E-state index in [0.29, 0.717) is 0 Å². The Labute approximate surface area is 160 Å². The lowest BCUT2D eigenvalue weighted by molar-refractivity contribution is 0.590. The van der Waals surface area contributed by atoms with Crippen LogP contribution in [0, 0.1) is 13.8 Å². The van der Waals surface area contributed by atoms with Gasteiger partial charge in [-0.05, 0) is 52.1 Å². The van der Waals surface area contributed by atoms with Crippen molar-refractivity contribution in [1.29, 1.82) is 0 Å².